The van der Waals surface area contributed by atoms with Crippen molar-refractivity contribution in [1.82, 2.24) is 15.3 Å². The van der Waals surface area contributed by atoms with Gasteiger partial charge in [0.1, 0.15) is 6.04 Å². The van der Waals surface area contributed by atoms with Gasteiger partial charge in [-0.15, -0.1) is 0 Å². The van der Waals surface area contributed by atoms with Crippen molar-refractivity contribution in [3.05, 3.63) is 18.2 Å². The number of nitrogens with one attached hydrogen (secondary N) is 2. The largest absolute Gasteiger partial charge is 0.467 e. The second-order valence-corrected chi connectivity index (χ2v) is 11.2. The van der Waals surface area contributed by atoms with Gasteiger partial charge < -0.3 is 29.2 Å². The highest BCUT2D eigenvalue weighted by Gasteiger charge is 2.69. The predicted octanol–water partition coefficient (Wildman–Crippen LogP) is 2.14. The van der Waals surface area contributed by atoms with Crippen LogP contribution in [0.4, 0.5) is 0 Å². The van der Waals surface area contributed by atoms with Crippen LogP contribution in [0.3, 0.4) is 0 Å². The van der Waals surface area contributed by atoms with Crippen molar-refractivity contribution in [3.8, 4) is 0 Å². The molecule has 2 N–H and O–H groups in total. The number of esters is 2. The first-order chi connectivity index (χ1) is 18.1. The fourth-order valence-electron chi connectivity index (χ4n) is 6.63. The number of fused-ring (bicyclic) bond motifs is 2. The number of carbonyl (C=O) groups excluding carboxylic acids is 3. The highest BCUT2D eigenvalue weighted by molar-refractivity contribution is 5.86. The Hall–Kier alpha value is -2.54. The molecule has 4 saturated heterocycles. The fourth-order valence-corrected chi connectivity index (χ4v) is 6.63. The SMILES string of the molecule is COC(=O)[C@@H](Cc1cnc[nH]1)NC(=O)CCC(=O)O[C@@H]1O[C@@H]2O[C@@]3(C)CC[C@H]4[C@H](C)CC[C@@H]([C@H]1C)[C@@]24OO3. The van der Waals surface area contributed by atoms with E-state index in [0.717, 1.165) is 19.3 Å². The van der Waals surface area contributed by atoms with Crippen LogP contribution in [0.5, 0.6) is 0 Å². The van der Waals surface area contributed by atoms with Crippen LogP contribution in [0.1, 0.15) is 65.0 Å². The van der Waals surface area contributed by atoms with Crippen LogP contribution in [0, 0.1) is 23.7 Å². The van der Waals surface area contributed by atoms with Crippen LogP contribution < -0.4 is 5.32 Å². The van der Waals surface area contributed by atoms with Crippen LogP contribution in [0.25, 0.3) is 0 Å². The summed E-state index contributed by atoms with van der Waals surface area (Å²) < 4.78 is 23.1. The number of aromatic amines is 1. The Labute approximate surface area is 221 Å². The maximum Gasteiger partial charge on any atom is 0.328 e. The quantitative estimate of drug-likeness (QED) is 0.375. The van der Waals surface area contributed by atoms with Gasteiger partial charge >= 0.3 is 11.9 Å². The van der Waals surface area contributed by atoms with E-state index in [9.17, 15) is 14.4 Å². The first kappa shape index (κ1) is 27.0. The van der Waals surface area contributed by atoms with Gasteiger partial charge in [-0.2, -0.15) is 0 Å². The van der Waals surface area contributed by atoms with E-state index < -0.39 is 47.9 Å². The Morgan fingerprint density at radius 1 is 1.18 bits per heavy atom. The van der Waals surface area contributed by atoms with Crippen LogP contribution >= 0.6 is 0 Å². The molecule has 9 atom stereocenters. The highest BCUT2D eigenvalue weighted by atomic mass is 17.3. The number of hydrogen-bond acceptors (Lipinski definition) is 10. The lowest BCUT2D eigenvalue weighted by Crippen LogP contribution is -2.70. The van der Waals surface area contributed by atoms with E-state index in [1.165, 1.54) is 13.4 Å². The molecule has 2 bridgehead atoms. The number of nitrogens with zero attached hydrogens (tertiary/aromatic N) is 1. The summed E-state index contributed by atoms with van der Waals surface area (Å²) in [5, 5.41) is 2.62. The third-order valence-electron chi connectivity index (χ3n) is 8.70. The number of aromatic nitrogens is 2. The van der Waals surface area contributed by atoms with Gasteiger partial charge in [0.05, 0.1) is 19.9 Å². The molecule has 0 radical (unpaired) electrons. The molecule has 1 aromatic heterocycles. The molecule has 210 valence electrons. The number of methoxy groups -OCH3 is 1. The molecule has 38 heavy (non-hydrogen) atoms. The molecule has 5 aliphatic rings. The van der Waals surface area contributed by atoms with Crippen molar-refractivity contribution in [3.63, 3.8) is 0 Å². The minimum absolute atomic E-state index is 0.0227. The molecule has 5 fully saturated rings. The molecular formula is C26H37N3O9. The van der Waals surface area contributed by atoms with Gasteiger partial charge in [0.15, 0.2) is 11.9 Å². The van der Waals surface area contributed by atoms with E-state index in [1.54, 1.807) is 6.20 Å². The molecule has 1 amide bonds. The van der Waals surface area contributed by atoms with Crippen LogP contribution in [0.2, 0.25) is 0 Å². The zero-order valence-corrected chi connectivity index (χ0v) is 22.3. The van der Waals surface area contributed by atoms with E-state index >= 15 is 0 Å². The van der Waals surface area contributed by atoms with Crippen molar-refractivity contribution in [1.29, 1.82) is 0 Å². The molecule has 12 nitrogen and oxygen atoms in total. The molecule has 1 aliphatic carbocycles. The zero-order chi connectivity index (χ0) is 27.1. The lowest BCUT2D eigenvalue weighted by molar-refractivity contribution is -0.576. The second kappa shape index (κ2) is 10.6. The normalized spacial score (nSPS) is 38.4. The molecule has 1 aromatic rings. The summed E-state index contributed by atoms with van der Waals surface area (Å²) in [5.74, 6) is -2.05. The fraction of sp³-hybridized carbons (Fsp3) is 0.769. The minimum atomic E-state index is -0.920. The second-order valence-electron chi connectivity index (χ2n) is 11.2. The predicted molar refractivity (Wildman–Crippen MR) is 128 cm³/mol. The number of hydrogen-bond donors (Lipinski definition) is 2. The third-order valence-corrected chi connectivity index (χ3v) is 8.70. The molecule has 0 aromatic carbocycles. The highest BCUT2D eigenvalue weighted by Crippen LogP contribution is 2.60. The first-order valence-corrected chi connectivity index (χ1v) is 13.4. The van der Waals surface area contributed by atoms with Crippen LogP contribution in [0.15, 0.2) is 12.5 Å². The van der Waals surface area contributed by atoms with Gasteiger partial charge in [-0.1, -0.05) is 13.8 Å². The Kier molecular flexibility index (Phi) is 7.51. The average Bonchev–Trinajstić information content (AvgIpc) is 3.30. The summed E-state index contributed by atoms with van der Waals surface area (Å²) in [4.78, 5) is 56.2. The number of amides is 1. The smallest absolute Gasteiger partial charge is 0.328 e. The van der Waals surface area contributed by atoms with Gasteiger partial charge in [0, 0.05) is 43.0 Å². The van der Waals surface area contributed by atoms with Crippen LogP contribution in [-0.2, 0) is 49.5 Å². The molecule has 6 rings (SSSR count). The van der Waals surface area contributed by atoms with Gasteiger partial charge in [0.2, 0.25) is 18.0 Å². The maximum atomic E-state index is 12.8. The summed E-state index contributed by atoms with van der Waals surface area (Å²) in [6.07, 6.45) is 4.86. The minimum Gasteiger partial charge on any atom is -0.467 e. The molecular weight excluding hydrogens is 498 g/mol. The molecule has 5 heterocycles. The molecule has 1 spiro atoms. The Morgan fingerprint density at radius 3 is 2.74 bits per heavy atom. The lowest BCUT2D eigenvalue weighted by atomic mass is 9.58. The maximum absolute atomic E-state index is 12.8. The summed E-state index contributed by atoms with van der Waals surface area (Å²) >= 11 is 0. The Balaban J connectivity index is 1.19. The van der Waals surface area contributed by atoms with Gasteiger partial charge in [-0.3, -0.25) is 9.59 Å². The molecule has 12 heteroatoms. The number of carbonyl (C=O) groups is 3. The van der Waals surface area contributed by atoms with Crippen molar-refractivity contribution in [2.75, 3.05) is 7.11 Å². The molecule has 1 saturated carbocycles. The summed E-state index contributed by atoms with van der Waals surface area (Å²) in [6, 6.07) is -0.908. The van der Waals surface area contributed by atoms with E-state index in [-0.39, 0.29) is 37.0 Å². The van der Waals surface area contributed by atoms with E-state index in [0.29, 0.717) is 18.0 Å². The summed E-state index contributed by atoms with van der Waals surface area (Å²) in [5.41, 5.74) is -0.0775. The van der Waals surface area contributed by atoms with Crippen molar-refractivity contribution < 1.29 is 43.1 Å². The first-order valence-electron chi connectivity index (χ1n) is 13.4. The van der Waals surface area contributed by atoms with Gasteiger partial charge in [-0.05, 0) is 38.0 Å². The van der Waals surface area contributed by atoms with Crippen molar-refractivity contribution in [2.45, 2.75) is 95.7 Å². The van der Waals surface area contributed by atoms with Gasteiger partial charge in [0.25, 0.3) is 0 Å². The number of imidazole rings is 1. The van der Waals surface area contributed by atoms with E-state index in [1.807, 2.05) is 13.8 Å². The van der Waals surface area contributed by atoms with E-state index in [4.69, 9.17) is 28.7 Å². The molecule has 0 unspecified atom stereocenters. The monoisotopic (exact) mass is 535 g/mol. The standard InChI is InChI=1S/C26H37N3O9/c1-14-5-6-18-15(2)23(35-24-26(18)17(14)9-10-25(3,36-24)37-38-26)34-21(31)8-7-20(30)29-19(22(32)33-4)11-16-12-27-13-28-16/h12-15,17-19,23-24H,5-11H2,1-4H3,(H,27,28)(H,29,30)/t14-,15-,17+,18+,19-,23-,24-,25-,26-/m1/s1. The topological polar surface area (TPSA) is 147 Å². The number of ether oxygens (including phenoxy) is 4. The van der Waals surface area contributed by atoms with Gasteiger partial charge in [-0.25, -0.2) is 19.6 Å². The summed E-state index contributed by atoms with van der Waals surface area (Å²) in [7, 11) is 1.25. The Bertz CT molecular complexity index is 1040. The van der Waals surface area contributed by atoms with Crippen LogP contribution in [-0.4, -0.2) is 64.9 Å². The number of H-pyrrole nitrogens is 1. The third kappa shape index (κ3) is 4.94. The Morgan fingerprint density at radius 2 is 2.00 bits per heavy atom. The zero-order valence-electron chi connectivity index (χ0n) is 22.3. The van der Waals surface area contributed by atoms with E-state index in [2.05, 4.69) is 22.2 Å². The number of rotatable bonds is 8. The average molecular weight is 536 g/mol. The summed E-state index contributed by atoms with van der Waals surface area (Å²) in [6.45, 7) is 6.07. The van der Waals surface area contributed by atoms with Crippen molar-refractivity contribution >= 4 is 17.8 Å². The molecule has 4 aliphatic heterocycles. The lowest BCUT2D eigenvalue weighted by Gasteiger charge is -2.59. The van der Waals surface area contributed by atoms with Crippen molar-refractivity contribution in [2.24, 2.45) is 23.7 Å².